The van der Waals surface area contributed by atoms with Crippen LogP contribution >= 0.6 is 11.3 Å². The molecule has 1 spiro atoms. The van der Waals surface area contributed by atoms with Crippen LogP contribution in [0.2, 0.25) is 0 Å². The summed E-state index contributed by atoms with van der Waals surface area (Å²) in [4.78, 5) is 19.4. The van der Waals surface area contributed by atoms with Crippen molar-refractivity contribution in [3.8, 4) is 0 Å². The predicted molar refractivity (Wildman–Crippen MR) is 115 cm³/mol. The second kappa shape index (κ2) is 9.74. The second-order valence-corrected chi connectivity index (χ2v) is 9.09. The van der Waals surface area contributed by atoms with Crippen molar-refractivity contribution < 1.29 is 9.53 Å². The van der Waals surface area contributed by atoms with Crippen LogP contribution in [0.4, 0.5) is 0 Å². The van der Waals surface area contributed by atoms with Crippen LogP contribution in [0.5, 0.6) is 0 Å². The minimum absolute atomic E-state index is 0.00501. The third-order valence-corrected chi connectivity index (χ3v) is 7.01. The van der Waals surface area contributed by atoms with E-state index in [1.165, 1.54) is 37.0 Å². The van der Waals surface area contributed by atoms with Gasteiger partial charge in [0, 0.05) is 37.0 Å². The topological polar surface area (TPSA) is 66.0 Å². The fourth-order valence-corrected chi connectivity index (χ4v) is 5.10. The Morgan fingerprint density at radius 2 is 2.14 bits per heavy atom. The molecule has 6 nitrogen and oxygen atoms in total. The number of carbonyl (C=O) groups is 1. The number of aliphatic imine (C=N–C) groups is 1. The van der Waals surface area contributed by atoms with Gasteiger partial charge < -0.3 is 20.3 Å². The van der Waals surface area contributed by atoms with E-state index in [1.807, 2.05) is 0 Å². The lowest BCUT2D eigenvalue weighted by atomic mass is 9.55. The van der Waals surface area contributed by atoms with Crippen LogP contribution in [-0.2, 0) is 16.1 Å². The van der Waals surface area contributed by atoms with E-state index in [1.54, 1.807) is 30.3 Å². The van der Waals surface area contributed by atoms with E-state index < -0.39 is 0 Å². The summed E-state index contributed by atoms with van der Waals surface area (Å²) in [6.45, 7) is 3.73. The molecule has 1 amide bonds. The third-order valence-electron chi connectivity index (χ3n) is 6.13. The number of amides is 1. The Morgan fingerprint density at radius 3 is 2.79 bits per heavy atom. The van der Waals surface area contributed by atoms with Crippen molar-refractivity contribution >= 4 is 23.2 Å². The highest BCUT2D eigenvalue weighted by Gasteiger charge is 2.55. The van der Waals surface area contributed by atoms with Gasteiger partial charge >= 0.3 is 0 Å². The maximum atomic E-state index is 12.0. The Labute approximate surface area is 172 Å². The molecule has 0 aliphatic heterocycles. The smallest absolute Gasteiger partial charge is 0.243 e. The summed E-state index contributed by atoms with van der Waals surface area (Å²) in [6, 6.07) is 4.52. The van der Waals surface area contributed by atoms with Gasteiger partial charge in [-0.05, 0) is 37.6 Å². The zero-order valence-corrected chi connectivity index (χ0v) is 18.2. The number of ether oxygens (including phenoxy) is 1. The number of thiophene rings is 1. The molecular weight excluding hydrogens is 372 g/mol. The lowest BCUT2D eigenvalue weighted by molar-refractivity contribution is -0.145. The maximum Gasteiger partial charge on any atom is 0.243 e. The van der Waals surface area contributed by atoms with Crippen LogP contribution in [-0.4, -0.2) is 56.2 Å². The Bertz CT molecular complexity index is 653. The molecule has 7 heteroatoms. The first kappa shape index (κ1) is 21.1. The van der Waals surface area contributed by atoms with E-state index in [0.717, 1.165) is 19.0 Å². The van der Waals surface area contributed by atoms with Crippen molar-refractivity contribution in [2.24, 2.45) is 10.4 Å². The molecule has 2 aliphatic carbocycles. The van der Waals surface area contributed by atoms with E-state index in [0.29, 0.717) is 18.7 Å². The molecule has 28 heavy (non-hydrogen) atoms. The highest BCUT2D eigenvalue weighted by Crippen LogP contribution is 2.53. The number of carbonyl (C=O) groups excluding carboxylic acids is 1. The van der Waals surface area contributed by atoms with E-state index in [2.05, 4.69) is 40.1 Å². The van der Waals surface area contributed by atoms with Gasteiger partial charge in [-0.2, -0.15) is 0 Å². The van der Waals surface area contributed by atoms with E-state index in [4.69, 9.17) is 4.74 Å². The van der Waals surface area contributed by atoms with Crippen molar-refractivity contribution in [2.45, 2.75) is 64.1 Å². The van der Waals surface area contributed by atoms with Crippen molar-refractivity contribution in [1.82, 2.24) is 15.5 Å². The third kappa shape index (κ3) is 4.87. The lowest BCUT2D eigenvalue weighted by Gasteiger charge is -2.58. The number of rotatable bonds is 7. The number of hydrogen-bond donors (Lipinski definition) is 2. The molecule has 3 rings (SSSR count). The first-order valence-electron chi connectivity index (χ1n) is 10.4. The summed E-state index contributed by atoms with van der Waals surface area (Å²) in [5.41, 5.74) is 0.213. The summed E-state index contributed by atoms with van der Waals surface area (Å²) in [5.74, 6) is 0.735. The zero-order valence-electron chi connectivity index (χ0n) is 17.4. The van der Waals surface area contributed by atoms with Gasteiger partial charge in [-0.25, -0.2) is 4.99 Å². The lowest BCUT2D eigenvalue weighted by Crippen LogP contribution is -2.66. The number of hydrogen-bond acceptors (Lipinski definition) is 4. The predicted octanol–water partition coefficient (Wildman–Crippen LogP) is 3.00. The van der Waals surface area contributed by atoms with Crippen LogP contribution in [0.15, 0.2) is 22.5 Å². The first-order chi connectivity index (χ1) is 13.5. The molecule has 0 radical (unpaired) electrons. The van der Waals surface area contributed by atoms with Gasteiger partial charge in [0.1, 0.15) is 6.54 Å². The number of guanidine groups is 1. The fourth-order valence-electron chi connectivity index (χ4n) is 4.46. The molecule has 0 bridgehead atoms. The molecule has 0 saturated heterocycles. The first-order valence-corrected chi connectivity index (χ1v) is 11.3. The van der Waals surface area contributed by atoms with Gasteiger partial charge in [0.25, 0.3) is 0 Å². The fraction of sp³-hybridized carbons (Fsp3) is 0.714. The molecule has 2 atom stereocenters. The van der Waals surface area contributed by atoms with Crippen LogP contribution in [0, 0.1) is 5.41 Å². The van der Waals surface area contributed by atoms with Gasteiger partial charge in [-0.3, -0.25) is 4.79 Å². The highest BCUT2D eigenvalue weighted by atomic mass is 32.1. The molecular formula is C21H34N4O2S. The van der Waals surface area contributed by atoms with E-state index >= 15 is 0 Å². The quantitative estimate of drug-likeness (QED) is 0.540. The Morgan fingerprint density at radius 1 is 1.36 bits per heavy atom. The normalized spacial score (nSPS) is 23.9. The maximum absolute atomic E-state index is 12.0. The summed E-state index contributed by atoms with van der Waals surface area (Å²) >= 11 is 1.72. The average Bonchev–Trinajstić information content (AvgIpc) is 3.22. The molecule has 0 aromatic carbocycles. The molecule has 2 N–H and O–H groups in total. The molecule has 2 saturated carbocycles. The van der Waals surface area contributed by atoms with Crippen LogP contribution in [0.3, 0.4) is 0 Å². The van der Waals surface area contributed by atoms with Gasteiger partial charge in [-0.1, -0.05) is 25.3 Å². The SMILES string of the molecule is CCOC1CC(NC(=NCC(=O)N(C)C)NCc2cccs2)C12CCCCC2. The molecule has 156 valence electrons. The second-order valence-electron chi connectivity index (χ2n) is 8.06. The minimum atomic E-state index is 0.00501. The van der Waals surface area contributed by atoms with Crippen molar-refractivity contribution in [2.75, 3.05) is 27.2 Å². The molecule has 2 unspecified atom stereocenters. The highest BCUT2D eigenvalue weighted by molar-refractivity contribution is 7.09. The Kier molecular flexibility index (Phi) is 7.35. The van der Waals surface area contributed by atoms with Gasteiger partial charge in [-0.15, -0.1) is 11.3 Å². The molecule has 2 fully saturated rings. The van der Waals surface area contributed by atoms with Gasteiger partial charge in [0.2, 0.25) is 5.91 Å². The molecule has 1 aromatic heterocycles. The van der Waals surface area contributed by atoms with Crippen LogP contribution in [0.25, 0.3) is 0 Å². The number of likely N-dealkylation sites (N-methyl/N-ethyl adjacent to an activating group) is 1. The largest absolute Gasteiger partial charge is 0.378 e. The summed E-state index contributed by atoms with van der Waals surface area (Å²) in [7, 11) is 3.53. The van der Waals surface area contributed by atoms with Gasteiger partial charge in [0.05, 0.1) is 12.6 Å². The van der Waals surface area contributed by atoms with Crippen molar-refractivity contribution in [3.05, 3.63) is 22.4 Å². The zero-order chi connectivity index (χ0) is 20.0. The molecule has 1 aromatic rings. The van der Waals surface area contributed by atoms with Crippen molar-refractivity contribution in [3.63, 3.8) is 0 Å². The molecule has 2 aliphatic rings. The minimum Gasteiger partial charge on any atom is -0.378 e. The van der Waals surface area contributed by atoms with Crippen molar-refractivity contribution in [1.29, 1.82) is 0 Å². The van der Waals surface area contributed by atoms with Crippen LogP contribution in [0.1, 0.15) is 50.3 Å². The Hall–Kier alpha value is -1.60. The standard InChI is InChI=1S/C21H34N4O2S/c1-4-27-18-13-17(21(18)10-6-5-7-11-21)24-20(23-15-19(26)25(2)3)22-14-16-9-8-12-28-16/h8-9,12,17-18H,4-7,10-11,13-15H2,1-3H3,(H2,22,23,24). The summed E-state index contributed by atoms with van der Waals surface area (Å²) < 4.78 is 6.07. The van der Waals surface area contributed by atoms with Crippen LogP contribution < -0.4 is 10.6 Å². The average molecular weight is 407 g/mol. The Balaban J connectivity index is 1.68. The number of nitrogens with zero attached hydrogens (tertiary/aromatic N) is 2. The summed E-state index contributed by atoms with van der Waals surface area (Å²) in [5, 5.41) is 9.15. The van der Waals surface area contributed by atoms with E-state index in [9.17, 15) is 4.79 Å². The number of nitrogens with one attached hydrogen (secondary N) is 2. The summed E-state index contributed by atoms with van der Waals surface area (Å²) in [6.07, 6.45) is 7.65. The molecule has 1 heterocycles. The monoisotopic (exact) mass is 406 g/mol. The van der Waals surface area contributed by atoms with E-state index in [-0.39, 0.29) is 17.9 Å². The van der Waals surface area contributed by atoms with Gasteiger partial charge in [0.15, 0.2) is 5.96 Å².